The molecule has 1 aliphatic heterocycles. The molecule has 1 fully saturated rings. The number of phenols is 1. The second-order valence-corrected chi connectivity index (χ2v) is 4.83. The molecule has 0 aromatic heterocycles. The van der Waals surface area contributed by atoms with Crippen molar-refractivity contribution in [1.82, 2.24) is 10.2 Å². The lowest BCUT2D eigenvalue weighted by Gasteiger charge is -2.38. The molecule has 1 saturated heterocycles. The molecule has 0 spiro atoms. The maximum atomic E-state index is 11.6. The number of likely N-dealkylation sites (N-methyl/N-ethyl adjacent to an activating group) is 1. The van der Waals surface area contributed by atoms with E-state index in [0.29, 0.717) is 0 Å². The number of nitrogens with one attached hydrogen (secondary N) is 1. The minimum absolute atomic E-state index is 0.0677. The Labute approximate surface area is 113 Å². The van der Waals surface area contributed by atoms with Gasteiger partial charge in [0.1, 0.15) is 5.75 Å². The average Bonchev–Trinajstić information content (AvgIpc) is 2.46. The van der Waals surface area contributed by atoms with Crippen molar-refractivity contribution in [3.05, 3.63) is 24.3 Å². The normalized spacial score (nSPS) is 18.1. The third-order valence-corrected chi connectivity index (χ3v) is 3.70. The first-order valence-corrected chi connectivity index (χ1v) is 6.61. The lowest BCUT2D eigenvalue weighted by molar-refractivity contribution is -0.125. The van der Waals surface area contributed by atoms with Crippen molar-refractivity contribution < 1.29 is 9.90 Å². The van der Waals surface area contributed by atoms with Crippen molar-refractivity contribution in [3.63, 3.8) is 0 Å². The predicted octanol–water partition coefficient (Wildman–Crippen LogP) is 0.649. The van der Waals surface area contributed by atoms with Crippen LogP contribution in [0.5, 0.6) is 5.75 Å². The molecule has 0 bridgehead atoms. The second-order valence-electron chi connectivity index (χ2n) is 4.83. The molecule has 1 aromatic rings. The van der Waals surface area contributed by atoms with Crippen LogP contribution in [-0.2, 0) is 4.79 Å². The highest BCUT2D eigenvalue weighted by Gasteiger charge is 2.24. The van der Waals surface area contributed by atoms with E-state index in [9.17, 15) is 9.90 Å². The first kappa shape index (κ1) is 13.7. The molecule has 1 aromatic carbocycles. The zero-order chi connectivity index (χ0) is 13.8. The first-order valence-electron chi connectivity index (χ1n) is 6.61. The quantitative estimate of drug-likeness (QED) is 0.840. The number of piperazine rings is 1. The van der Waals surface area contributed by atoms with Crippen molar-refractivity contribution in [3.8, 4) is 5.75 Å². The molecule has 0 saturated carbocycles. The van der Waals surface area contributed by atoms with Crippen molar-refractivity contribution >= 4 is 11.6 Å². The van der Waals surface area contributed by atoms with Crippen LogP contribution in [0, 0.1) is 0 Å². The summed E-state index contributed by atoms with van der Waals surface area (Å²) in [4.78, 5) is 16.1. The van der Waals surface area contributed by atoms with Gasteiger partial charge in [-0.15, -0.1) is 0 Å². The molecule has 0 unspecified atom stereocenters. The number of anilines is 1. The van der Waals surface area contributed by atoms with Crippen LogP contribution in [0.3, 0.4) is 0 Å². The van der Waals surface area contributed by atoms with Crippen LogP contribution in [0.1, 0.15) is 6.92 Å². The summed E-state index contributed by atoms with van der Waals surface area (Å²) in [5.74, 6) is 0.355. The zero-order valence-electron chi connectivity index (χ0n) is 11.5. The Bertz CT molecular complexity index is 425. The van der Waals surface area contributed by atoms with Gasteiger partial charge in [-0.05, 0) is 31.2 Å². The van der Waals surface area contributed by atoms with Gasteiger partial charge in [0.25, 0.3) is 0 Å². The van der Waals surface area contributed by atoms with Crippen LogP contribution in [0.15, 0.2) is 24.3 Å². The van der Waals surface area contributed by atoms with E-state index in [1.807, 2.05) is 19.1 Å². The maximum absolute atomic E-state index is 11.6. The van der Waals surface area contributed by atoms with Crippen molar-refractivity contribution in [2.75, 3.05) is 38.1 Å². The van der Waals surface area contributed by atoms with Gasteiger partial charge in [0.15, 0.2) is 0 Å². The van der Waals surface area contributed by atoms with E-state index in [4.69, 9.17) is 0 Å². The van der Waals surface area contributed by atoms with E-state index in [2.05, 4.69) is 15.1 Å². The molecule has 0 radical (unpaired) electrons. The summed E-state index contributed by atoms with van der Waals surface area (Å²) in [6.07, 6.45) is 0. The van der Waals surface area contributed by atoms with Gasteiger partial charge in [0, 0.05) is 38.9 Å². The lowest BCUT2D eigenvalue weighted by atomic mass is 10.2. The molecule has 104 valence electrons. The van der Waals surface area contributed by atoms with Gasteiger partial charge in [0.05, 0.1) is 6.04 Å². The number of benzene rings is 1. The van der Waals surface area contributed by atoms with E-state index in [0.717, 1.165) is 31.9 Å². The van der Waals surface area contributed by atoms with E-state index in [1.165, 1.54) is 0 Å². The van der Waals surface area contributed by atoms with Gasteiger partial charge < -0.3 is 15.3 Å². The topological polar surface area (TPSA) is 55.8 Å². The van der Waals surface area contributed by atoms with Crippen LogP contribution >= 0.6 is 0 Å². The third-order valence-electron chi connectivity index (χ3n) is 3.70. The summed E-state index contributed by atoms with van der Waals surface area (Å²) in [6, 6.07) is 7.18. The number of hydrogen-bond acceptors (Lipinski definition) is 4. The molecule has 1 amide bonds. The third kappa shape index (κ3) is 3.17. The summed E-state index contributed by atoms with van der Waals surface area (Å²) in [7, 11) is 1.67. The Morgan fingerprint density at radius 3 is 2.32 bits per heavy atom. The molecule has 5 heteroatoms. The number of hydrogen-bond donors (Lipinski definition) is 2. The number of carbonyl (C=O) groups is 1. The summed E-state index contributed by atoms with van der Waals surface area (Å²) in [5.41, 5.74) is 1.12. The molecule has 1 atom stereocenters. The number of amides is 1. The van der Waals surface area contributed by atoms with Gasteiger partial charge >= 0.3 is 0 Å². The maximum Gasteiger partial charge on any atom is 0.236 e. The van der Waals surface area contributed by atoms with Gasteiger partial charge in [0.2, 0.25) is 5.91 Å². The molecular weight excluding hydrogens is 242 g/mol. The molecule has 1 heterocycles. The van der Waals surface area contributed by atoms with E-state index in [-0.39, 0.29) is 17.7 Å². The highest BCUT2D eigenvalue weighted by atomic mass is 16.3. The van der Waals surface area contributed by atoms with Crippen LogP contribution in [-0.4, -0.2) is 55.2 Å². The molecule has 5 nitrogen and oxygen atoms in total. The number of aromatic hydroxyl groups is 1. The molecule has 2 N–H and O–H groups in total. The van der Waals surface area contributed by atoms with E-state index in [1.54, 1.807) is 19.2 Å². The average molecular weight is 263 g/mol. The minimum atomic E-state index is -0.0769. The lowest BCUT2D eigenvalue weighted by Crippen LogP contribution is -2.53. The Balaban J connectivity index is 1.92. The summed E-state index contributed by atoms with van der Waals surface area (Å²) in [5, 5.41) is 12.0. The minimum Gasteiger partial charge on any atom is -0.508 e. The van der Waals surface area contributed by atoms with Crippen molar-refractivity contribution in [1.29, 1.82) is 0 Å². The zero-order valence-corrected chi connectivity index (χ0v) is 11.5. The van der Waals surface area contributed by atoms with E-state index < -0.39 is 0 Å². The fourth-order valence-electron chi connectivity index (χ4n) is 2.41. The fourth-order valence-corrected chi connectivity index (χ4v) is 2.41. The molecule has 2 rings (SSSR count). The van der Waals surface area contributed by atoms with Gasteiger partial charge in [-0.1, -0.05) is 0 Å². The largest absolute Gasteiger partial charge is 0.508 e. The van der Waals surface area contributed by atoms with Crippen LogP contribution < -0.4 is 10.2 Å². The number of nitrogens with zero attached hydrogens (tertiary/aromatic N) is 2. The Hall–Kier alpha value is -1.75. The Morgan fingerprint density at radius 1 is 1.21 bits per heavy atom. The summed E-state index contributed by atoms with van der Waals surface area (Å²) in [6.45, 7) is 5.47. The molecule has 19 heavy (non-hydrogen) atoms. The van der Waals surface area contributed by atoms with Crippen LogP contribution in [0.2, 0.25) is 0 Å². The smallest absolute Gasteiger partial charge is 0.236 e. The summed E-state index contributed by atoms with van der Waals surface area (Å²) >= 11 is 0. The standard InChI is InChI=1S/C14H21N3O2/c1-11(14(19)15-2)16-7-9-17(10-8-16)12-3-5-13(18)6-4-12/h3-6,11,18H,7-10H2,1-2H3,(H,15,19)/t11-/m1/s1. The Morgan fingerprint density at radius 2 is 1.79 bits per heavy atom. The molecular formula is C14H21N3O2. The fraction of sp³-hybridized carbons (Fsp3) is 0.500. The second kappa shape index (κ2) is 5.93. The summed E-state index contributed by atoms with van der Waals surface area (Å²) < 4.78 is 0. The van der Waals surface area contributed by atoms with Crippen LogP contribution in [0.25, 0.3) is 0 Å². The Kier molecular flexibility index (Phi) is 4.27. The van der Waals surface area contributed by atoms with Crippen molar-refractivity contribution in [2.45, 2.75) is 13.0 Å². The van der Waals surface area contributed by atoms with Crippen LogP contribution in [0.4, 0.5) is 5.69 Å². The van der Waals surface area contributed by atoms with E-state index >= 15 is 0 Å². The number of phenolic OH excluding ortho intramolecular Hbond substituents is 1. The number of carbonyl (C=O) groups excluding carboxylic acids is 1. The molecule has 1 aliphatic rings. The van der Waals surface area contributed by atoms with Crippen molar-refractivity contribution in [2.24, 2.45) is 0 Å². The van der Waals surface area contributed by atoms with Gasteiger partial charge in [-0.3, -0.25) is 9.69 Å². The molecule has 0 aliphatic carbocycles. The predicted molar refractivity (Wildman–Crippen MR) is 75.4 cm³/mol. The van der Waals surface area contributed by atoms with Gasteiger partial charge in [-0.25, -0.2) is 0 Å². The van der Waals surface area contributed by atoms with Gasteiger partial charge in [-0.2, -0.15) is 0 Å². The highest BCUT2D eigenvalue weighted by molar-refractivity contribution is 5.81. The monoisotopic (exact) mass is 263 g/mol. The SMILES string of the molecule is CNC(=O)[C@@H](C)N1CCN(c2ccc(O)cc2)CC1. The first-order chi connectivity index (χ1) is 9.11. The number of rotatable bonds is 3. The highest BCUT2D eigenvalue weighted by Crippen LogP contribution is 2.20.